The smallest absolute Gasteiger partial charge is 0.408 e. The zero-order valence-corrected chi connectivity index (χ0v) is 10.6. The molecule has 0 spiro atoms. The summed E-state index contributed by atoms with van der Waals surface area (Å²) in [5.74, 6) is -0.304. The van der Waals surface area contributed by atoms with E-state index in [1.165, 1.54) is 11.0 Å². The van der Waals surface area contributed by atoms with Crippen molar-refractivity contribution in [2.45, 2.75) is 39.8 Å². The van der Waals surface area contributed by atoms with Gasteiger partial charge in [0.1, 0.15) is 5.82 Å². The van der Waals surface area contributed by atoms with Crippen molar-refractivity contribution in [3.8, 4) is 0 Å². The van der Waals surface area contributed by atoms with Crippen LogP contribution in [0.3, 0.4) is 0 Å². The van der Waals surface area contributed by atoms with Crippen molar-refractivity contribution >= 4 is 6.09 Å². The van der Waals surface area contributed by atoms with E-state index in [-0.39, 0.29) is 12.4 Å². The molecule has 17 heavy (non-hydrogen) atoms. The van der Waals surface area contributed by atoms with Crippen LogP contribution < -0.4 is 0 Å². The van der Waals surface area contributed by atoms with Crippen molar-refractivity contribution in [3.63, 3.8) is 0 Å². The lowest BCUT2D eigenvalue weighted by atomic mass is 10.0. The zero-order chi connectivity index (χ0) is 13.2. The molecule has 1 aromatic rings. The molecule has 1 rings (SSSR count). The summed E-state index contributed by atoms with van der Waals surface area (Å²) in [4.78, 5) is 12.5. The first-order chi connectivity index (χ1) is 7.73. The van der Waals surface area contributed by atoms with E-state index in [0.29, 0.717) is 11.1 Å². The molecular formula is C13H18FNO2. The summed E-state index contributed by atoms with van der Waals surface area (Å²) in [5.41, 5.74) is 0.690. The van der Waals surface area contributed by atoms with Gasteiger partial charge >= 0.3 is 6.09 Å². The number of carboxylic acid groups (broad SMARTS) is 1. The molecule has 4 heteroatoms. The summed E-state index contributed by atoms with van der Waals surface area (Å²) < 4.78 is 13.4. The van der Waals surface area contributed by atoms with Gasteiger partial charge in [-0.1, -0.05) is 12.1 Å². The van der Waals surface area contributed by atoms with Crippen LogP contribution in [0.5, 0.6) is 0 Å². The lowest BCUT2D eigenvalue weighted by molar-refractivity contribution is 0.0954. The molecule has 0 atom stereocenters. The summed E-state index contributed by atoms with van der Waals surface area (Å²) in [6.45, 7) is 7.30. The summed E-state index contributed by atoms with van der Waals surface area (Å²) in [6.07, 6.45) is -0.999. The molecule has 94 valence electrons. The van der Waals surface area contributed by atoms with E-state index in [0.717, 1.165) is 0 Å². The van der Waals surface area contributed by atoms with Gasteiger partial charge in [-0.15, -0.1) is 0 Å². The maximum Gasteiger partial charge on any atom is 0.408 e. The molecule has 0 saturated heterocycles. The van der Waals surface area contributed by atoms with E-state index in [1.807, 2.05) is 20.8 Å². The number of hydrogen-bond acceptors (Lipinski definition) is 1. The topological polar surface area (TPSA) is 40.5 Å². The third kappa shape index (κ3) is 3.19. The highest BCUT2D eigenvalue weighted by molar-refractivity contribution is 5.66. The SMILES string of the molecule is Cc1c(F)cccc1CN(C(=O)O)C(C)(C)C. The van der Waals surface area contributed by atoms with Crippen LogP contribution in [-0.4, -0.2) is 21.6 Å². The highest BCUT2D eigenvalue weighted by Crippen LogP contribution is 2.20. The van der Waals surface area contributed by atoms with Crippen molar-refractivity contribution in [1.29, 1.82) is 0 Å². The number of hydrogen-bond donors (Lipinski definition) is 1. The fourth-order valence-electron chi connectivity index (χ4n) is 1.59. The van der Waals surface area contributed by atoms with Crippen molar-refractivity contribution in [1.82, 2.24) is 4.90 Å². The van der Waals surface area contributed by atoms with Crippen LogP contribution in [0, 0.1) is 12.7 Å². The van der Waals surface area contributed by atoms with Crippen LogP contribution in [-0.2, 0) is 6.54 Å². The number of amides is 1. The van der Waals surface area contributed by atoms with Crippen molar-refractivity contribution in [3.05, 3.63) is 35.1 Å². The predicted molar refractivity (Wildman–Crippen MR) is 64.5 cm³/mol. The van der Waals surface area contributed by atoms with E-state index in [1.54, 1.807) is 19.1 Å². The van der Waals surface area contributed by atoms with Crippen LogP contribution >= 0.6 is 0 Å². The van der Waals surface area contributed by atoms with Crippen molar-refractivity contribution in [2.75, 3.05) is 0 Å². The predicted octanol–water partition coefficient (Wildman–Crippen LogP) is 3.41. The first kappa shape index (κ1) is 13.5. The Balaban J connectivity index is 3.03. The number of halogens is 1. The maximum absolute atomic E-state index is 13.4. The lowest BCUT2D eigenvalue weighted by Crippen LogP contribution is -2.44. The fourth-order valence-corrected chi connectivity index (χ4v) is 1.59. The van der Waals surface area contributed by atoms with Gasteiger partial charge < -0.3 is 5.11 Å². The van der Waals surface area contributed by atoms with Gasteiger partial charge in [-0.25, -0.2) is 9.18 Å². The summed E-state index contributed by atoms with van der Waals surface area (Å²) in [6, 6.07) is 4.72. The van der Waals surface area contributed by atoms with Gasteiger partial charge in [-0.05, 0) is 44.9 Å². The van der Waals surface area contributed by atoms with Crippen LogP contribution in [0.1, 0.15) is 31.9 Å². The Labute approximate surface area is 101 Å². The number of nitrogens with zero attached hydrogens (tertiary/aromatic N) is 1. The number of benzene rings is 1. The average molecular weight is 239 g/mol. The highest BCUT2D eigenvalue weighted by atomic mass is 19.1. The molecule has 0 heterocycles. The molecule has 1 N–H and O–H groups in total. The molecule has 0 aromatic heterocycles. The minimum atomic E-state index is -0.999. The quantitative estimate of drug-likeness (QED) is 0.859. The average Bonchev–Trinajstić information content (AvgIpc) is 2.17. The first-order valence-corrected chi connectivity index (χ1v) is 5.48. The fraction of sp³-hybridized carbons (Fsp3) is 0.462. The largest absolute Gasteiger partial charge is 0.465 e. The molecule has 0 saturated carbocycles. The molecule has 0 aliphatic carbocycles. The lowest BCUT2D eigenvalue weighted by Gasteiger charge is -2.33. The third-order valence-corrected chi connectivity index (χ3v) is 2.75. The van der Waals surface area contributed by atoms with Gasteiger partial charge in [0.05, 0.1) is 0 Å². The Morgan fingerprint density at radius 2 is 2.00 bits per heavy atom. The van der Waals surface area contributed by atoms with Gasteiger partial charge in [-0.3, -0.25) is 4.90 Å². The molecule has 0 unspecified atom stereocenters. The monoisotopic (exact) mass is 239 g/mol. The Bertz CT molecular complexity index is 424. The van der Waals surface area contributed by atoms with Gasteiger partial charge in [0, 0.05) is 12.1 Å². The highest BCUT2D eigenvalue weighted by Gasteiger charge is 2.26. The summed E-state index contributed by atoms with van der Waals surface area (Å²) >= 11 is 0. The Hall–Kier alpha value is -1.58. The Morgan fingerprint density at radius 1 is 1.41 bits per heavy atom. The minimum absolute atomic E-state index is 0.197. The summed E-state index contributed by atoms with van der Waals surface area (Å²) in [7, 11) is 0. The Morgan fingerprint density at radius 3 is 2.47 bits per heavy atom. The van der Waals surface area contributed by atoms with Gasteiger partial charge in [0.2, 0.25) is 0 Å². The molecule has 0 radical (unpaired) electrons. The summed E-state index contributed by atoms with van der Waals surface area (Å²) in [5, 5.41) is 9.16. The maximum atomic E-state index is 13.4. The normalized spacial score (nSPS) is 11.4. The Kier molecular flexibility index (Phi) is 3.76. The van der Waals surface area contributed by atoms with Gasteiger partial charge in [0.15, 0.2) is 0 Å². The molecule has 3 nitrogen and oxygen atoms in total. The molecular weight excluding hydrogens is 221 g/mol. The molecule has 1 amide bonds. The van der Waals surface area contributed by atoms with Crippen LogP contribution in [0.25, 0.3) is 0 Å². The van der Waals surface area contributed by atoms with Gasteiger partial charge in [0.25, 0.3) is 0 Å². The number of carbonyl (C=O) groups is 1. The zero-order valence-electron chi connectivity index (χ0n) is 10.6. The molecule has 1 aromatic carbocycles. The van der Waals surface area contributed by atoms with E-state index in [4.69, 9.17) is 5.11 Å². The van der Waals surface area contributed by atoms with Crippen molar-refractivity contribution in [2.24, 2.45) is 0 Å². The molecule has 0 fully saturated rings. The number of rotatable bonds is 2. The van der Waals surface area contributed by atoms with Crippen molar-refractivity contribution < 1.29 is 14.3 Å². The van der Waals surface area contributed by atoms with E-state index in [9.17, 15) is 9.18 Å². The second-order valence-electron chi connectivity index (χ2n) is 5.06. The first-order valence-electron chi connectivity index (χ1n) is 5.48. The second-order valence-corrected chi connectivity index (χ2v) is 5.06. The van der Waals surface area contributed by atoms with E-state index >= 15 is 0 Å². The van der Waals surface area contributed by atoms with Crippen LogP contribution in [0.2, 0.25) is 0 Å². The van der Waals surface area contributed by atoms with E-state index in [2.05, 4.69) is 0 Å². The third-order valence-electron chi connectivity index (χ3n) is 2.75. The van der Waals surface area contributed by atoms with E-state index < -0.39 is 11.6 Å². The standard InChI is InChI=1S/C13H18FNO2/c1-9-10(6-5-7-11(9)14)8-15(12(16)17)13(2,3)4/h5-7H,8H2,1-4H3,(H,16,17). The molecule has 0 bridgehead atoms. The minimum Gasteiger partial charge on any atom is -0.465 e. The second kappa shape index (κ2) is 4.73. The van der Waals surface area contributed by atoms with Gasteiger partial charge in [-0.2, -0.15) is 0 Å². The van der Waals surface area contributed by atoms with Crippen LogP contribution in [0.15, 0.2) is 18.2 Å². The van der Waals surface area contributed by atoms with Crippen LogP contribution in [0.4, 0.5) is 9.18 Å². The molecule has 0 aliphatic heterocycles. The molecule has 0 aliphatic rings.